The molecule has 8 rings (SSSR count). The predicted octanol–water partition coefficient (Wildman–Crippen LogP) is 20.5. The van der Waals surface area contributed by atoms with Crippen molar-refractivity contribution in [2.24, 2.45) is 0 Å². The Balaban J connectivity index is 0.739. The van der Waals surface area contributed by atoms with Crippen LogP contribution in [0, 0.1) is 0 Å². The van der Waals surface area contributed by atoms with E-state index >= 15 is 0 Å². The Bertz CT molecular complexity index is 3060. The lowest BCUT2D eigenvalue weighted by Gasteiger charge is -2.10. The van der Waals surface area contributed by atoms with Gasteiger partial charge in [-0.2, -0.15) is 0 Å². The Hall–Kier alpha value is -8.36. The summed E-state index contributed by atoms with van der Waals surface area (Å²) in [5.74, 6) is -1.17. The number of esters is 4. The van der Waals surface area contributed by atoms with E-state index in [1.807, 2.05) is 48.5 Å². The van der Waals surface area contributed by atoms with Gasteiger partial charge in [-0.25, -0.2) is 19.2 Å². The van der Waals surface area contributed by atoms with Crippen LogP contribution in [0.15, 0.2) is 194 Å². The number of unbranched alkanes of at least 4 members (excludes halogenated alkanes) is 18. The van der Waals surface area contributed by atoms with E-state index in [-0.39, 0.29) is 22.6 Å². The third kappa shape index (κ3) is 19.9. The second-order valence-electron chi connectivity index (χ2n) is 22.1. The lowest BCUT2D eigenvalue weighted by molar-refractivity contribution is 0.0714. The molecule has 0 aliphatic carbocycles. The molecule has 0 aliphatic rings. The standard InChI is InChI=1S/C76H82O8/c1-3-5-7-9-11-13-15-17-19-21-25-57-31-35-59(36-32-57)61-39-43-65(44-40-61)73(77)83-71-29-23-27-67(55-71)75(79)81-69-51-47-63(48-52-69)64-49-53-70(54-50-64)82-76(80)68-28-24-30-72(56-68)84-74(78)66-45-41-62(42-46-66)60-37-33-58(34-38-60)26-22-20-18-16-14-12-10-8-6-4-2/h23-24,27-56H,3-22,25-26H2,1-2H3. The second kappa shape index (κ2) is 33.7. The van der Waals surface area contributed by atoms with Crippen molar-refractivity contribution in [3.63, 3.8) is 0 Å². The molecule has 0 heterocycles. The highest BCUT2D eigenvalue weighted by atomic mass is 16.5. The van der Waals surface area contributed by atoms with Crippen LogP contribution in [0.1, 0.15) is 195 Å². The van der Waals surface area contributed by atoms with Gasteiger partial charge in [0.25, 0.3) is 0 Å². The minimum Gasteiger partial charge on any atom is -0.423 e. The molecule has 0 bridgehead atoms. The van der Waals surface area contributed by atoms with Gasteiger partial charge in [0.15, 0.2) is 0 Å². The molecule has 8 nitrogen and oxygen atoms in total. The number of carbonyl (C=O) groups excluding carboxylic acids is 4. The highest BCUT2D eigenvalue weighted by Crippen LogP contribution is 2.29. The van der Waals surface area contributed by atoms with E-state index < -0.39 is 23.9 Å². The van der Waals surface area contributed by atoms with Crippen molar-refractivity contribution in [2.45, 2.75) is 155 Å². The highest BCUT2D eigenvalue weighted by Gasteiger charge is 2.17. The van der Waals surface area contributed by atoms with Crippen LogP contribution >= 0.6 is 0 Å². The van der Waals surface area contributed by atoms with Crippen molar-refractivity contribution in [1.29, 1.82) is 0 Å². The minimum absolute atomic E-state index is 0.221. The SMILES string of the molecule is CCCCCCCCCCCCc1ccc(-c2ccc(C(=O)Oc3cccc(C(=O)Oc4ccc(-c5ccc(OC(=O)c6cccc(OC(=O)c7ccc(-c8ccc(CCCCCCCCCCCC)cc8)cc7)c6)cc5)cc4)c3)cc2)cc1. The fraction of sp³-hybridized carbons (Fsp3) is 0.316. The lowest BCUT2D eigenvalue weighted by Crippen LogP contribution is -2.11. The van der Waals surface area contributed by atoms with Crippen molar-refractivity contribution in [1.82, 2.24) is 0 Å². The van der Waals surface area contributed by atoms with Crippen molar-refractivity contribution < 1.29 is 38.1 Å². The Kier molecular flexibility index (Phi) is 24.7. The molecule has 0 saturated heterocycles. The van der Waals surface area contributed by atoms with Gasteiger partial charge in [0, 0.05) is 0 Å². The van der Waals surface area contributed by atoms with Gasteiger partial charge >= 0.3 is 23.9 Å². The third-order valence-electron chi connectivity index (χ3n) is 15.5. The summed E-state index contributed by atoms with van der Waals surface area (Å²) >= 11 is 0. The second-order valence-corrected chi connectivity index (χ2v) is 22.1. The zero-order valence-electron chi connectivity index (χ0n) is 49.3. The Labute approximate surface area is 498 Å². The van der Waals surface area contributed by atoms with Crippen LogP contribution in [0.4, 0.5) is 0 Å². The fourth-order valence-corrected chi connectivity index (χ4v) is 10.4. The van der Waals surface area contributed by atoms with Gasteiger partial charge in [-0.15, -0.1) is 0 Å². The van der Waals surface area contributed by atoms with Crippen LogP contribution in [0.3, 0.4) is 0 Å². The summed E-state index contributed by atoms with van der Waals surface area (Å²) in [5.41, 5.74) is 9.81. The summed E-state index contributed by atoms with van der Waals surface area (Å²) in [6.07, 6.45) is 28.8. The van der Waals surface area contributed by atoms with E-state index in [2.05, 4.69) is 62.4 Å². The molecule has 8 aromatic carbocycles. The van der Waals surface area contributed by atoms with Gasteiger partial charge in [-0.3, -0.25) is 0 Å². The summed E-state index contributed by atoms with van der Waals surface area (Å²) in [7, 11) is 0. The average molecular weight is 1120 g/mol. The van der Waals surface area contributed by atoms with E-state index in [9.17, 15) is 19.2 Å². The Morgan fingerprint density at radius 1 is 0.250 bits per heavy atom. The summed E-state index contributed by atoms with van der Waals surface area (Å²) in [5, 5.41) is 0. The predicted molar refractivity (Wildman–Crippen MR) is 339 cm³/mol. The lowest BCUT2D eigenvalue weighted by atomic mass is 10.00. The molecule has 0 radical (unpaired) electrons. The molecule has 0 atom stereocenters. The van der Waals surface area contributed by atoms with Crippen LogP contribution in [-0.4, -0.2) is 23.9 Å². The number of aryl methyl sites for hydroxylation is 2. The number of ether oxygens (including phenoxy) is 4. The van der Waals surface area contributed by atoms with Crippen LogP contribution in [0.2, 0.25) is 0 Å². The Morgan fingerprint density at radius 3 is 0.810 bits per heavy atom. The molecule has 0 spiro atoms. The van der Waals surface area contributed by atoms with E-state index in [1.165, 1.54) is 152 Å². The number of hydrogen-bond acceptors (Lipinski definition) is 8. The first-order chi connectivity index (χ1) is 41.2. The zero-order chi connectivity index (χ0) is 58.6. The molecule has 0 aliphatic heterocycles. The topological polar surface area (TPSA) is 105 Å². The number of carbonyl (C=O) groups is 4. The van der Waals surface area contributed by atoms with E-state index in [0.717, 1.165) is 46.2 Å². The number of benzene rings is 8. The minimum atomic E-state index is -0.606. The van der Waals surface area contributed by atoms with E-state index in [1.54, 1.807) is 84.9 Å². The quantitative estimate of drug-likeness (QED) is 0.0228. The van der Waals surface area contributed by atoms with Gasteiger partial charge in [0.1, 0.15) is 23.0 Å². The molecule has 0 N–H and O–H groups in total. The molecular weight excluding hydrogens is 1040 g/mol. The summed E-state index contributed by atoms with van der Waals surface area (Å²) in [6, 6.07) is 58.8. The summed E-state index contributed by atoms with van der Waals surface area (Å²) < 4.78 is 22.7. The largest absolute Gasteiger partial charge is 0.423 e. The van der Waals surface area contributed by atoms with Gasteiger partial charge in [0.2, 0.25) is 0 Å². The van der Waals surface area contributed by atoms with Crippen LogP contribution in [0.5, 0.6) is 23.0 Å². The Morgan fingerprint density at radius 2 is 0.500 bits per heavy atom. The molecular formula is C76H82O8. The molecule has 0 unspecified atom stereocenters. The third-order valence-corrected chi connectivity index (χ3v) is 15.5. The maximum atomic E-state index is 13.2. The number of rotatable bonds is 33. The molecule has 0 aromatic heterocycles. The first-order valence-corrected chi connectivity index (χ1v) is 30.9. The smallest absolute Gasteiger partial charge is 0.343 e. The van der Waals surface area contributed by atoms with Gasteiger partial charge < -0.3 is 18.9 Å². The van der Waals surface area contributed by atoms with Crippen LogP contribution in [0.25, 0.3) is 33.4 Å². The average Bonchev–Trinajstić information content (AvgIpc) is 3.70. The van der Waals surface area contributed by atoms with Crippen LogP contribution < -0.4 is 18.9 Å². The van der Waals surface area contributed by atoms with Gasteiger partial charge in [0.05, 0.1) is 22.3 Å². The fourth-order valence-electron chi connectivity index (χ4n) is 10.4. The molecule has 0 amide bonds. The normalized spacial score (nSPS) is 11.0. The van der Waals surface area contributed by atoms with E-state index in [4.69, 9.17) is 18.9 Å². The van der Waals surface area contributed by atoms with Crippen molar-refractivity contribution >= 4 is 23.9 Å². The molecule has 0 saturated carbocycles. The van der Waals surface area contributed by atoms with Crippen molar-refractivity contribution in [3.8, 4) is 56.4 Å². The van der Waals surface area contributed by atoms with E-state index in [0.29, 0.717) is 22.6 Å². The van der Waals surface area contributed by atoms with Crippen molar-refractivity contribution in [3.05, 3.63) is 228 Å². The number of hydrogen-bond donors (Lipinski definition) is 0. The monoisotopic (exact) mass is 1120 g/mol. The molecule has 434 valence electrons. The maximum Gasteiger partial charge on any atom is 0.343 e. The summed E-state index contributed by atoms with van der Waals surface area (Å²) in [6.45, 7) is 4.53. The first-order valence-electron chi connectivity index (χ1n) is 30.9. The molecule has 84 heavy (non-hydrogen) atoms. The first kappa shape index (κ1) is 61.7. The van der Waals surface area contributed by atoms with Gasteiger partial charge in [-0.05, 0) is 155 Å². The highest BCUT2D eigenvalue weighted by molar-refractivity contribution is 5.95. The van der Waals surface area contributed by atoms with Crippen molar-refractivity contribution in [2.75, 3.05) is 0 Å². The molecule has 8 aromatic rings. The van der Waals surface area contributed by atoms with Crippen LogP contribution in [-0.2, 0) is 12.8 Å². The summed E-state index contributed by atoms with van der Waals surface area (Å²) in [4.78, 5) is 52.8. The zero-order valence-corrected chi connectivity index (χ0v) is 49.3. The maximum absolute atomic E-state index is 13.2. The molecule has 8 heteroatoms. The molecule has 0 fully saturated rings. The van der Waals surface area contributed by atoms with Gasteiger partial charge in [-0.1, -0.05) is 239 Å².